The normalized spacial score (nSPS) is 23.3. The van der Waals surface area contributed by atoms with Gasteiger partial charge in [-0.05, 0) is 127 Å². The molecule has 0 saturated carbocycles. The summed E-state index contributed by atoms with van der Waals surface area (Å²) in [5.74, 6) is 1.61. The molecule has 0 radical (unpaired) electrons. The topological polar surface area (TPSA) is 0 Å². The van der Waals surface area contributed by atoms with E-state index in [2.05, 4.69) is 118 Å². The SMILES string of the molecule is CC1=CCCC(C)(C)[C@H]1CCC(C)CCC/C(C)=C/C=C\C=C(\C)CC/C=C(C)/C=C/C1=C(C)CCCC1(C)C. The zero-order valence-corrected chi connectivity index (χ0v) is 28.3. The van der Waals surface area contributed by atoms with Crippen LogP contribution >= 0.6 is 0 Å². The zero-order valence-electron chi connectivity index (χ0n) is 28.3. The van der Waals surface area contributed by atoms with E-state index in [0.717, 1.165) is 24.7 Å². The van der Waals surface area contributed by atoms with Gasteiger partial charge in [-0.2, -0.15) is 0 Å². The summed E-state index contributed by atoms with van der Waals surface area (Å²) in [6, 6.07) is 0. The average Bonchev–Trinajstić information content (AvgIpc) is 2.85. The Morgan fingerprint density at radius 2 is 1.62 bits per heavy atom. The molecule has 0 nitrogen and oxygen atoms in total. The van der Waals surface area contributed by atoms with E-state index in [1.54, 1.807) is 16.7 Å². The summed E-state index contributed by atoms with van der Waals surface area (Å²) in [7, 11) is 0. The van der Waals surface area contributed by atoms with Crippen LogP contribution in [0.4, 0.5) is 0 Å². The minimum atomic E-state index is 0.319. The zero-order chi connectivity index (χ0) is 29.8. The van der Waals surface area contributed by atoms with Gasteiger partial charge in [-0.15, -0.1) is 0 Å². The van der Waals surface area contributed by atoms with Gasteiger partial charge >= 0.3 is 0 Å². The monoisotopic (exact) mass is 545 g/mol. The molecule has 0 aliphatic heterocycles. The van der Waals surface area contributed by atoms with Gasteiger partial charge in [0.25, 0.3) is 0 Å². The first kappa shape index (κ1) is 34.4. The lowest BCUT2D eigenvalue weighted by Gasteiger charge is -2.39. The Kier molecular flexibility index (Phi) is 14.3. The third kappa shape index (κ3) is 12.0. The molecule has 1 unspecified atom stereocenters. The van der Waals surface area contributed by atoms with E-state index >= 15 is 0 Å². The molecule has 0 aromatic heterocycles. The number of rotatable bonds is 14. The second-order valence-electron chi connectivity index (χ2n) is 14.8. The van der Waals surface area contributed by atoms with Crippen LogP contribution in [0.25, 0.3) is 0 Å². The van der Waals surface area contributed by atoms with Gasteiger partial charge in [-0.3, -0.25) is 0 Å². The van der Waals surface area contributed by atoms with Gasteiger partial charge in [0.05, 0.1) is 0 Å². The third-order valence-corrected chi connectivity index (χ3v) is 9.90. The molecule has 0 aromatic carbocycles. The molecule has 0 bridgehead atoms. The Hall–Kier alpha value is -1.82. The molecular weight excluding hydrogens is 480 g/mol. The molecular formula is C40H64. The molecule has 0 spiro atoms. The van der Waals surface area contributed by atoms with Crippen LogP contribution in [0.3, 0.4) is 0 Å². The van der Waals surface area contributed by atoms with Crippen LogP contribution in [-0.2, 0) is 0 Å². The molecule has 0 heteroatoms. The van der Waals surface area contributed by atoms with Gasteiger partial charge in [-0.1, -0.05) is 124 Å². The second kappa shape index (κ2) is 16.6. The van der Waals surface area contributed by atoms with Crippen LogP contribution in [0.5, 0.6) is 0 Å². The molecule has 2 aliphatic rings. The molecule has 0 N–H and O–H groups in total. The van der Waals surface area contributed by atoms with E-state index in [1.165, 1.54) is 80.9 Å². The van der Waals surface area contributed by atoms with E-state index in [4.69, 9.17) is 0 Å². The Morgan fingerprint density at radius 3 is 2.27 bits per heavy atom. The van der Waals surface area contributed by atoms with Crippen molar-refractivity contribution >= 4 is 0 Å². The van der Waals surface area contributed by atoms with Crippen LogP contribution in [0, 0.1) is 22.7 Å². The number of hydrogen-bond donors (Lipinski definition) is 0. The lowest BCUT2D eigenvalue weighted by Crippen LogP contribution is -2.28. The molecule has 0 heterocycles. The smallest absolute Gasteiger partial charge is 0.0104 e. The lowest BCUT2D eigenvalue weighted by molar-refractivity contribution is 0.193. The van der Waals surface area contributed by atoms with Gasteiger partial charge < -0.3 is 0 Å². The van der Waals surface area contributed by atoms with Crippen LogP contribution in [0.2, 0.25) is 0 Å². The molecule has 2 aliphatic carbocycles. The fourth-order valence-electron chi connectivity index (χ4n) is 6.97. The van der Waals surface area contributed by atoms with Crippen molar-refractivity contribution in [3.8, 4) is 0 Å². The Labute approximate surface area is 250 Å². The highest BCUT2D eigenvalue weighted by Gasteiger charge is 2.32. The highest BCUT2D eigenvalue weighted by atomic mass is 14.4. The minimum absolute atomic E-state index is 0.319. The Morgan fingerprint density at radius 1 is 0.950 bits per heavy atom. The van der Waals surface area contributed by atoms with Gasteiger partial charge in [0, 0.05) is 0 Å². The second-order valence-corrected chi connectivity index (χ2v) is 14.8. The van der Waals surface area contributed by atoms with Crippen LogP contribution < -0.4 is 0 Å². The van der Waals surface area contributed by atoms with Crippen molar-refractivity contribution in [2.75, 3.05) is 0 Å². The van der Waals surface area contributed by atoms with E-state index < -0.39 is 0 Å². The third-order valence-electron chi connectivity index (χ3n) is 9.90. The molecule has 40 heavy (non-hydrogen) atoms. The van der Waals surface area contributed by atoms with Gasteiger partial charge in [0.1, 0.15) is 0 Å². The molecule has 0 saturated heterocycles. The Balaban J connectivity index is 1.68. The van der Waals surface area contributed by atoms with E-state index in [1.807, 2.05) is 0 Å². The molecule has 0 fully saturated rings. The van der Waals surface area contributed by atoms with Crippen LogP contribution in [0.15, 0.2) is 82.0 Å². The summed E-state index contributed by atoms with van der Waals surface area (Å²) in [6.07, 6.45) is 34.0. The number of hydrogen-bond acceptors (Lipinski definition) is 0. The van der Waals surface area contributed by atoms with Crippen molar-refractivity contribution in [2.24, 2.45) is 22.7 Å². The fraction of sp³-hybridized carbons (Fsp3) is 0.650. The van der Waals surface area contributed by atoms with E-state index in [9.17, 15) is 0 Å². The summed E-state index contributed by atoms with van der Waals surface area (Å²) >= 11 is 0. The Bertz CT molecular complexity index is 1010. The van der Waals surface area contributed by atoms with Crippen LogP contribution in [0.1, 0.15) is 146 Å². The van der Waals surface area contributed by atoms with Gasteiger partial charge in [0.15, 0.2) is 0 Å². The van der Waals surface area contributed by atoms with Gasteiger partial charge in [-0.25, -0.2) is 0 Å². The van der Waals surface area contributed by atoms with Crippen molar-refractivity contribution in [2.45, 2.75) is 146 Å². The predicted molar refractivity (Wildman–Crippen MR) is 182 cm³/mol. The van der Waals surface area contributed by atoms with Crippen molar-refractivity contribution < 1.29 is 0 Å². The maximum absolute atomic E-state index is 2.49. The minimum Gasteiger partial charge on any atom is -0.0853 e. The number of allylic oxidation sites excluding steroid dienone is 14. The van der Waals surface area contributed by atoms with Gasteiger partial charge in [0.2, 0.25) is 0 Å². The highest BCUT2D eigenvalue weighted by molar-refractivity contribution is 5.36. The summed E-state index contributed by atoms with van der Waals surface area (Å²) in [4.78, 5) is 0. The quantitative estimate of drug-likeness (QED) is 0.151. The standard InChI is InChI=1S/C40H64/c1-31(19-13-21-33(3)25-27-37-35(5)23-15-29-39(37,7)8)17-11-12-18-32(2)20-14-22-34(4)26-28-38-36(6)24-16-30-40(38,9)10/h11-12,17-18,21,24-25,27,34,38H,13-16,19-20,22-23,26,28-30H2,1-10H3/b12-11-,27-25+,31-17-,32-18+,33-21+/t34?,38-/m0/s1. The van der Waals surface area contributed by atoms with Crippen molar-refractivity contribution in [1.82, 2.24) is 0 Å². The first-order chi connectivity index (χ1) is 18.8. The largest absolute Gasteiger partial charge is 0.0853 e. The first-order valence-corrected chi connectivity index (χ1v) is 16.5. The van der Waals surface area contributed by atoms with Crippen molar-refractivity contribution in [1.29, 1.82) is 0 Å². The lowest BCUT2D eigenvalue weighted by atomic mass is 9.66. The molecule has 0 aromatic rings. The molecule has 2 atom stereocenters. The van der Waals surface area contributed by atoms with E-state index in [-0.39, 0.29) is 0 Å². The summed E-state index contributed by atoms with van der Waals surface area (Å²) in [5.41, 5.74) is 9.89. The predicted octanol–water partition coefficient (Wildman–Crippen LogP) is 13.2. The summed E-state index contributed by atoms with van der Waals surface area (Å²) < 4.78 is 0. The molecule has 0 amide bonds. The maximum atomic E-state index is 2.49. The molecule has 2 rings (SSSR count). The van der Waals surface area contributed by atoms with E-state index in [0.29, 0.717) is 10.8 Å². The molecule has 224 valence electrons. The summed E-state index contributed by atoms with van der Waals surface area (Å²) in [5, 5.41) is 0. The average molecular weight is 545 g/mol. The van der Waals surface area contributed by atoms with Crippen molar-refractivity contribution in [3.63, 3.8) is 0 Å². The maximum Gasteiger partial charge on any atom is -0.0104 e. The first-order valence-electron chi connectivity index (χ1n) is 16.5. The van der Waals surface area contributed by atoms with Crippen molar-refractivity contribution in [3.05, 3.63) is 82.0 Å². The summed E-state index contributed by atoms with van der Waals surface area (Å²) in [6.45, 7) is 23.7. The van der Waals surface area contributed by atoms with Crippen LogP contribution in [-0.4, -0.2) is 0 Å². The fourth-order valence-corrected chi connectivity index (χ4v) is 6.97. The highest BCUT2D eigenvalue weighted by Crippen LogP contribution is 2.44.